The minimum atomic E-state index is -0.307. The van der Waals surface area contributed by atoms with E-state index >= 15 is 0 Å². The molecule has 0 radical (unpaired) electrons. The van der Waals surface area contributed by atoms with Crippen molar-refractivity contribution in [2.45, 2.75) is 26.2 Å². The Bertz CT molecular complexity index is 874. The normalized spacial score (nSPS) is 11.2. The van der Waals surface area contributed by atoms with E-state index in [9.17, 15) is 9.18 Å². The third kappa shape index (κ3) is 3.24. The highest BCUT2D eigenvalue weighted by Gasteiger charge is 2.15. The number of aromatic nitrogens is 4. The predicted molar refractivity (Wildman–Crippen MR) is 87.3 cm³/mol. The number of carbonyl (C=O) groups is 1. The van der Waals surface area contributed by atoms with Gasteiger partial charge in [-0.15, -0.1) is 0 Å². The molecule has 3 rings (SSSR count). The van der Waals surface area contributed by atoms with Crippen LogP contribution < -0.4 is 5.32 Å². The molecule has 7 heteroatoms. The monoisotopic (exact) mass is 327 g/mol. The molecule has 2 heterocycles. The van der Waals surface area contributed by atoms with E-state index in [4.69, 9.17) is 0 Å². The second-order valence-corrected chi connectivity index (χ2v) is 5.79. The van der Waals surface area contributed by atoms with Crippen LogP contribution in [0.15, 0.2) is 36.7 Å². The molecule has 0 aliphatic rings. The molecule has 0 unspecified atom stereocenters. The molecular formula is C17H18FN5O. The van der Waals surface area contributed by atoms with E-state index in [1.165, 1.54) is 12.4 Å². The van der Waals surface area contributed by atoms with Gasteiger partial charge >= 0.3 is 0 Å². The first-order valence-corrected chi connectivity index (χ1v) is 7.78. The van der Waals surface area contributed by atoms with Crippen LogP contribution >= 0.6 is 0 Å². The summed E-state index contributed by atoms with van der Waals surface area (Å²) < 4.78 is 15.2. The molecule has 0 saturated heterocycles. The molecule has 3 aromatic rings. The Morgan fingerprint density at radius 1 is 1.33 bits per heavy atom. The summed E-state index contributed by atoms with van der Waals surface area (Å²) in [7, 11) is 0. The Kier molecular flexibility index (Phi) is 4.50. The van der Waals surface area contributed by atoms with Crippen molar-refractivity contribution < 1.29 is 9.18 Å². The molecular weight excluding hydrogens is 309 g/mol. The quantitative estimate of drug-likeness (QED) is 0.781. The number of carbonyl (C=O) groups excluding carboxylic acids is 1. The summed E-state index contributed by atoms with van der Waals surface area (Å²) in [6.45, 7) is 4.35. The van der Waals surface area contributed by atoms with Gasteiger partial charge in [-0.25, -0.2) is 13.9 Å². The summed E-state index contributed by atoms with van der Waals surface area (Å²) in [5.41, 5.74) is 1.71. The van der Waals surface area contributed by atoms with Gasteiger partial charge in [0, 0.05) is 6.54 Å². The van der Waals surface area contributed by atoms with Gasteiger partial charge in [0.25, 0.3) is 11.7 Å². The van der Waals surface area contributed by atoms with Crippen molar-refractivity contribution in [1.82, 2.24) is 24.9 Å². The molecule has 124 valence electrons. The number of fused-ring (bicyclic) bond motifs is 1. The number of rotatable bonds is 5. The number of hydrogen-bond donors (Lipinski definition) is 1. The molecule has 0 atom stereocenters. The maximum absolute atomic E-state index is 13.6. The molecule has 6 nitrogen and oxygen atoms in total. The summed E-state index contributed by atoms with van der Waals surface area (Å²) in [6.07, 6.45) is 1.83. The Morgan fingerprint density at radius 2 is 2.12 bits per heavy atom. The Balaban J connectivity index is 1.73. The fraction of sp³-hybridized carbons (Fsp3) is 0.294. The van der Waals surface area contributed by atoms with Crippen molar-refractivity contribution in [2.75, 3.05) is 6.54 Å². The Morgan fingerprint density at radius 3 is 2.88 bits per heavy atom. The van der Waals surface area contributed by atoms with Crippen molar-refractivity contribution in [3.8, 4) is 0 Å². The SMILES string of the molecule is CC(C)c1cc(C(=O)NCCc2ccccc2F)nc2ncnn12. The molecule has 0 bridgehead atoms. The molecule has 24 heavy (non-hydrogen) atoms. The molecule has 0 aliphatic carbocycles. The first-order chi connectivity index (χ1) is 11.6. The third-order valence-electron chi connectivity index (χ3n) is 3.74. The summed E-state index contributed by atoms with van der Waals surface area (Å²) in [5.74, 6) is -0.0156. The van der Waals surface area contributed by atoms with Gasteiger partial charge in [-0.1, -0.05) is 32.0 Å². The van der Waals surface area contributed by atoms with Gasteiger partial charge in [0.1, 0.15) is 17.8 Å². The van der Waals surface area contributed by atoms with Gasteiger partial charge in [-0.05, 0) is 30.0 Å². The third-order valence-corrected chi connectivity index (χ3v) is 3.74. The molecule has 0 saturated carbocycles. The highest BCUT2D eigenvalue weighted by atomic mass is 19.1. The van der Waals surface area contributed by atoms with Gasteiger partial charge in [0.15, 0.2) is 0 Å². The summed E-state index contributed by atoms with van der Waals surface area (Å²) in [5, 5.41) is 6.89. The van der Waals surface area contributed by atoms with Crippen LogP contribution in [0.5, 0.6) is 0 Å². The lowest BCUT2D eigenvalue weighted by atomic mass is 10.1. The summed E-state index contributed by atoms with van der Waals surface area (Å²) >= 11 is 0. The summed E-state index contributed by atoms with van der Waals surface area (Å²) in [6, 6.07) is 8.25. The molecule has 0 aliphatic heterocycles. The smallest absolute Gasteiger partial charge is 0.270 e. The van der Waals surface area contributed by atoms with E-state index in [1.807, 2.05) is 13.8 Å². The molecule has 0 fully saturated rings. The molecule has 0 spiro atoms. The fourth-order valence-corrected chi connectivity index (χ4v) is 2.46. The van der Waals surface area contributed by atoms with Crippen LogP contribution in [0.3, 0.4) is 0 Å². The molecule has 1 amide bonds. The molecule has 1 aromatic carbocycles. The maximum Gasteiger partial charge on any atom is 0.270 e. The van der Waals surface area contributed by atoms with Gasteiger partial charge in [-0.3, -0.25) is 4.79 Å². The van der Waals surface area contributed by atoms with Crippen molar-refractivity contribution >= 4 is 11.7 Å². The Hall–Kier alpha value is -2.83. The van der Waals surface area contributed by atoms with E-state index in [-0.39, 0.29) is 23.3 Å². The largest absolute Gasteiger partial charge is 0.350 e. The number of benzene rings is 1. The second-order valence-electron chi connectivity index (χ2n) is 5.79. The zero-order valence-electron chi connectivity index (χ0n) is 13.5. The molecule has 2 aromatic heterocycles. The van der Waals surface area contributed by atoms with Crippen molar-refractivity contribution in [3.05, 3.63) is 59.4 Å². The van der Waals surface area contributed by atoms with Crippen LogP contribution in [0.2, 0.25) is 0 Å². The van der Waals surface area contributed by atoms with Crippen LogP contribution in [-0.4, -0.2) is 32.0 Å². The lowest BCUT2D eigenvalue weighted by Gasteiger charge is -2.10. The first-order valence-electron chi connectivity index (χ1n) is 7.78. The number of hydrogen-bond acceptors (Lipinski definition) is 4. The lowest BCUT2D eigenvalue weighted by Crippen LogP contribution is -2.27. The van der Waals surface area contributed by atoms with Gasteiger partial charge in [0.2, 0.25) is 0 Å². The zero-order chi connectivity index (χ0) is 17.1. The van der Waals surface area contributed by atoms with Gasteiger partial charge in [-0.2, -0.15) is 10.1 Å². The highest BCUT2D eigenvalue weighted by Crippen LogP contribution is 2.15. The van der Waals surface area contributed by atoms with Crippen LogP contribution in [0.1, 0.15) is 41.5 Å². The van der Waals surface area contributed by atoms with Crippen molar-refractivity contribution in [1.29, 1.82) is 0 Å². The predicted octanol–water partition coefficient (Wildman–Crippen LogP) is 2.36. The minimum Gasteiger partial charge on any atom is -0.350 e. The van der Waals surface area contributed by atoms with E-state index in [0.29, 0.717) is 24.3 Å². The number of nitrogens with zero attached hydrogens (tertiary/aromatic N) is 4. The van der Waals surface area contributed by atoms with Gasteiger partial charge < -0.3 is 5.32 Å². The lowest BCUT2D eigenvalue weighted by molar-refractivity contribution is 0.0949. The summed E-state index contributed by atoms with van der Waals surface area (Å²) in [4.78, 5) is 20.6. The number of amides is 1. The number of nitrogens with one attached hydrogen (secondary N) is 1. The first kappa shape index (κ1) is 16.0. The standard InChI is InChI=1S/C17H18FN5O/c1-11(2)15-9-14(22-17-20-10-21-23(15)17)16(24)19-8-7-12-5-3-4-6-13(12)18/h3-6,9-11H,7-8H2,1-2H3,(H,19,24). The van der Waals surface area contributed by atoms with E-state index in [0.717, 1.165) is 5.69 Å². The molecule has 1 N–H and O–H groups in total. The number of halogens is 1. The average molecular weight is 327 g/mol. The fourth-order valence-electron chi connectivity index (χ4n) is 2.46. The van der Waals surface area contributed by atoms with Crippen LogP contribution in [0.25, 0.3) is 5.78 Å². The minimum absolute atomic E-state index is 0.169. The van der Waals surface area contributed by atoms with E-state index in [1.54, 1.807) is 28.8 Å². The Labute approximate surface area is 138 Å². The van der Waals surface area contributed by atoms with E-state index in [2.05, 4.69) is 20.4 Å². The average Bonchev–Trinajstić information content (AvgIpc) is 3.03. The van der Waals surface area contributed by atoms with Crippen LogP contribution in [0.4, 0.5) is 4.39 Å². The topological polar surface area (TPSA) is 72.2 Å². The second kappa shape index (κ2) is 6.74. The van der Waals surface area contributed by atoms with Crippen LogP contribution in [0, 0.1) is 5.82 Å². The maximum atomic E-state index is 13.6. The van der Waals surface area contributed by atoms with Gasteiger partial charge in [0.05, 0.1) is 5.69 Å². The highest BCUT2D eigenvalue weighted by molar-refractivity contribution is 5.92. The van der Waals surface area contributed by atoms with Crippen molar-refractivity contribution in [2.24, 2.45) is 0 Å². The zero-order valence-corrected chi connectivity index (χ0v) is 13.5. The van der Waals surface area contributed by atoms with Crippen molar-refractivity contribution in [3.63, 3.8) is 0 Å². The van der Waals surface area contributed by atoms with Crippen LogP contribution in [-0.2, 0) is 6.42 Å². The van der Waals surface area contributed by atoms with E-state index < -0.39 is 0 Å².